The van der Waals surface area contributed by atoms with Gasteiger partial charge in [0, 0.05) is 17.0 Å². The molecule has 3 heteroatoms. The van der Waals surface area contributed by atoms with Crippen LogP contribution >= 0.6 is 15.9 Å². The number of aliphatic hydroxyl groups is 1. The van der Waals surface area contributed by atoms with E-state index in [9.17, 15) is 5.11 Å². The largest absolute Gasteiger partial charge is 0.396 e. The fourth-order valence-electron chi connectivity index (χ4n) is 1.60. The van der Waals surface area contributed by atoms with Crippen molar-refractivity contribution in [1.82, 2.24) is 0 Å². The first-order chi connectivity index (χ1) is 7.65. The number of aliphatic hydroxyl groups excluding tert-OH is 1. The number of hydrogen-bond donors (Lipinski definition) is 1. The Bertz CT molecular complexity index is 313. The standard InChI is InChI=1S/C13H19BrO2/c1-10(2)16-8-7-11(9-15)12-5-3-4-6-13(12)14/h3-6,10-11,15H,7-9H2,1-2H3. The van der Waals surface area contributed by atoms with Crippen LogP contribution < -0.4 is 0 Å². The number of benzene rings is 1. The minimum Gasteiger partial charge on any atom is -0.396 e. The summed E-state index contributed by atoms with van der Waals surface area (Å²) in [5, 5.41) is 9.39. The van der Waals surface area contributed by atoms with Crippen LogP contribution in [0, 0.1) is 0 Å². The van der Waals surface area contributed by atoms with Gasteiger partial charge in [-0.3, -0.25) is 0 Å². The van der Waals surface area contributed by atoms with Crippen LogP contribution in [0.15, 0.2) is 28.7 Å². The lowest BCUT2D eigenvalue weighted by Gasteiger charge is -2.17. The Morgan fingerprint density at radius 3 is 2.56 bits per heavy atom. The van der Waals surface area contributed by atoms with Gasteiger partial charge in [0.1, 0.15) is 0 Å². The molecule has 0 aliphatic rings. The van der Waals surface area contributed by atoms with Gasteiger partial charge >= 0.3 is 0 Å². The summed E-state index contributed by atoms with van der Waals surface area (Å²) in [6.07, 6.45) is 1.09. The molecule has 0 heterocycles. The van der Waals surface area contributed by atoms with Crippen molar-refractivity contribution < 1.29 is 9.84 Å². The predicted molar refractivity (Wildman–Crippen MR) is 69.7 cm³/mol. The van der Waals surface area contributed by atoms with E-state index in [2.05, 4.69) is 15.9 Å². The molecule has 0 aromatic heterocycles. The zero-order valence-electron chi connectivity index (χ0n) is 9.82. The maximum absolute atomic E-state index is 9.39. The normalized spacial score (nSPS) is 13.1. The van der Waals surface area contributed by atoms with Gasteiger partial charge in [-0.05, 0) is 31.9 Å². The SMILES string of the molecule is CC(C)OCCC(CO)c1ccccc1Br. The molecular formula is C13H19BrO2. The number of ether oxygens (including phenoxy) is 1. The fourth-order valence-corrected chi connectivity index (χ4v) is 2.21. The molecule has 0 aliphatic carbocycles. The summed E-state index contributed by atoms with van der Waals surface area (Å²) in [5.41, 5.74) is 1.15. The van der Waals surface area contributed by atoms with Gasteiger partial charge < -0.3 is 9.84 Å². The molecule has 1 unspecified atom stereocenters. The molecule has 0 saturated heterocycles. The third-order valence-electron chi connectivity index (χ3n) is 2.48. The van der Waals surface area contributed by atoms with Crippen LogP contribution in [-0.2, 0) is 4.74 Å². The first kappa shape index (κ1) is 13.7. The minimum absolute atomic E-state index is 0.148. The summed E-state index contributed by atoms with van der Waals surface area (Å²) in [6, 6.07) is 8.01. The Hall–Kier alpha value is -0.380. The van der Waals surface area contributed by atoms with Crippen molar-refractivity contribution in [2.75, 3.05) is 13.2 Å². The van der Waals surface area contributed by atoms with Crippen LogP contribution in [0.1, 0.15) is 31.7 Å². The monoisotopic (exact) mass is 286 g/mol. The van der Waals surface area contributed by atoms with E-state index < -0.39 is 0 Å². The zero-order valence-corrected chi connectivity index (χ0v) is 11.4. The van der Waals surface area contributed by atoms with Crippen LogP contribution in [0.2, 0.25) is 0 Å². The van der Waals surface area contributed by atoms with Gasteiger partial charge in [-0.25, -0.2) is 0 Å². The van der Waals surface area contributed by atoms with Gasteiger partial charge in [0.05, 0.1) is 12.7 Å². The van der Waals surface area contributed by atoms with Gasteiger partial charge in [-0.1, -0.05) is 34.1 Å². The molecule has 0 bridgehead atoms. The van der Waals surface area contributed by atoms with E-state index in [4.69, 9.17) is 4.74 Å². The van der Waals surface area contributed by atoms with Gasteiger partial charge in [-0.2, -0.15) is 0 Å². The molecule has 0 spiro atoms. The molecular weight excluding hydrogens is 268 g/mol. The highest BCUT2D eigenvalue weighted by Crippen LogP contribution is 2.26. The highest BCUT2D eigenvalue weighted by atomic mass is 79.9. The average molecular weight is 287 g/mol. The van der Waals surface area contributed by atoms with Crippen molar-refractivity contribution in [1.29, 1.82) is 0 Å². The Kier molecular flexibility index (Phi) is 6.03. The number of rotatable bonds is 6. The summed E-state index contributed by atoms with van der Waals surface area (Å²) < 4.78 is 6.56. The van der Waals surface area contributed by atoms with Crippen molar-refractivity contribution in [3.8, 4) is 0 Å². The van der Waals surface area contributed by atoms with Crippen LogP contribution in [0.3, 0.4) is 0 Å². The second-order valence-corrected chi connectivity index (χ2v) is 4.96. The molecule has 1 N–H and O–H groups in total. The van der Waals surface area contributed by atoms with E-state index in [0.717, 1.165) is 16.5 Å². The number of hydrogen-bond acceptors (Lipinski definition) is 2. The first-order valence-electron chi connectivity index (χ1n) is 5.62. The smallest absolute Gasteiger partial charge is 0.0518 e. The fraction of sp³-hybridized carbons (Fsp3) is 0.538. The predicted octanol–water partition coefficient (Wildman–Crippen LogP) is 3.34. The van der Waals surface area contributed by atoms with E-state index in [1.54, 1.807) is 0 Å². The molecule has 16 heavy (non-hydrogen) atoms. The molecule has 0 radical (unpaired) electrons. The molecule has 90 valence electrons. The summed E-state index contributed by atoms with van der Waals surface area (Å²) in [7, 11) is 0. The Morgan fingerprint density at radius 2 is 2.00 bits per heavy atom. The second-order valence-electron chi connectivity index (χ2n) is 4.11. The summed E-state index contributed by atoms with van der Waals surface area (Å²) in [5.74, 6) is 0.148. The lowest BCUT2D eigenvalue weighted by Crippen LogP contribution is -2.11. The van der Waals surface area contributed by atoms with Crippen LogP contribution in [0.4, 0.5) is 0 Å². The Balaban J connectivity index is 2.57. The molecule has 2 nitrogen and oxygen atoms in total. The lowest BCUT2D eigenvalue weighted by atomic mass is 9.97. The molecule has 0 saturated carbocycles. The maximum atomic E-state index is 9.39. The topological polar surface area (TPSA) is 29.5 Å². The lowest BCUT2D eigenvalue weighted by molar-refractivity contribution is 0.0690. The van der Waals surface area contributed by atoms with Crippen LogP contribution in [0.25, 0.3) is 0 Å². The molecule has 1 aromatic carbocycles. The zero-order chi connectivity index (χ0) is 12.0. The Labute approximate surface area is 106 Å². The highest BCUT2D eigenvalue weighted by Gasteiger charge is 2.13. The average Bonchev–Trinajstić information content (AvgIpc) is 2.25. The van der Waals surface area contributed by atoms with Gasteiger partial charge in [0.25, 0.3) is 0 Å². The Morgan fingerprint density at radius 1 is 1.31 bits per heavy atom. The first-order valence-corrected chi connectivity index (χ1v) is 6.41. The minimum atomic E-state index is 0.148. The van der Waals surface area contributed by atoms with E-state index >= 15 is 0 Å². The third kappa shape index (κ3) is 4.24. The van der Waals surface area contributed by atoms with Crippen molar-refractivity contribution in [3.63, 3.8) is 0 Å². The highest BCUT2D eigenvalue weighted by molar-refractivity contribution is 9.10. The molecule has 0 aliphatic heterocycles. The molecule has 1 aromatic rings. The van der Waals surface area contributed by atoms with Gasteiger partial charge in [0.15, 0.2) is 0 Å². The molecule has 1 rings (SSSR count). The molecule has 0 fully saturated rings. The number of halogens is 1. The summed E-state index contributed by atoms with van der Waals surface area (Å²) in [6.45, 7) is 4.88. The van der Waals surface area contributed by atoms with Crippen molar-refractivity contribution in [3.05, 3.63) is 34.3 Å². The van der Waals surface area contributed by atoms with E-state index in [-0.39, 0.29) is 18.6 Å². The van der Waals surface area contributed by atoms with E-state index in [0.29, 0.717) is 6.61 Å². The molecule has 0 amide bonds. The third-order valence-corrected chi connectivity index (χ3v) is 3.21. The van der Waals surface area contributed by atoms with Crippen molar-refractivity contribution in [2.45, 2.75) is 32.3 Å². The molecule has 1 atom stereocenters. The van der Waals surface area contributed by atoms with E-state index in [1.807, 2.05) is 38.1 Å². The van der Waals surface area contributed by atoms with Crippen LogP contribution in [-0.4, -0.2) is 24.4 Å². The summed E-state index contributed by atoms with van der Waals surface area (Å²) >= 11 is 3.51. The van der Waals surface area contributed by atoms with Crippen LogP contribution in [0.5, 0.6) is 0 Å². The van der Waals surface area contributed by atoms with Gasteiger partial charge in [-0.15, -0.1) is 0 Å². The maximum Gasteiger partial charge on any atom is 0.0518 e. The van der Waals surface area contributed by atoms with Crippen molar-refractivity contribution in [2.24, 2.45) is 0 Å². The van der Waals surface area contributed by atoms with Crippen molar-refractivity contribution >= 4 is 15.9 Å². The summed E-state index contributed by atoms with van der Waals surface area (Å²) in [4.78, 5) is 0. The van der Waals surface area contributed by atoms with E-state index in [1.165, 1.54) is 0 Å². The van der Waals surface area contributed by atoms with Gasteiger partial charge in [0.2, 0.25) is 0 Å². The quantitative estimate of drug-likeness (QED) is 0.869. The second kappa shape index (κ2) is 7.05.